The highest BCUT2D eigenvalue weighted by atomic mass is 16.2. The molecule has 0 aliphatic carbocycles. The summed E-state index contributed by atoms with van der Waals surface area (Å²) in [7, 11) is 0. The van der Waals surface area contributed by atoms with E-state index >= 15 is 0 Å². The van der Waals surface area contributed by atoms with E-state index in [0.29, 0.717) is 12.1 Å². The molecule has 2 heterocycles. The van der Waals surface area contributed by atoms with Crippen molar-refractivity contribution in [2.75, 3.05) is 26.2 Å². The first-order valence-electron chi connectivity index (χ1n) is 8.77. The van der Waals surface area contributed by atoms with Gasteiger partial charge in [0.15, 0.2) is 0 Å². The zero-order valence-corrected chi connectivity index (χ0v) is 15.1. The van der Waals surface area contributed by atoms with Crippen molar-refractivity contribution in [2.24, 2.45) is 0 Å². The van der Waals surface area contributed by atoms with Gasteiger partial charge < -0.3 is 16.0 Å². The highest BCUT2D eigenvalue weighted by molar-refractivity contribution is 6.09. The molecule has 1 aromatic carbocycles. The third-order valence-electron chi connectivity index (χ3n) is 4.88. The quantitative estimate of drug-likeness (QED) is 0.538. The predicted octanol–water partition coefficient (Wildman–Crippen LogP) is 0.798. The van der Waals surface area contributed by atoms with E-state index in [1.54, 1.807) is 6.92 Å². The van der Waals surface area contributed by atoms with Crippen LogP contribution in [-0.2, 0) is 15.1 Å². The minimum absolute atomic E-state index is 0.280. The van der Waals surface area contributed by atoms with Gasteiger partial charge in [-0.1, -0.05) is 41.5 Å². The molecule has 3 rings (SSSR count). The van der Waals surface area contributed by atoms with Gasteiger partial charge in [-0.2, -0.15) is 0 Å². The van der Waals surface area contributed by atoms with Gasteiger partial charge in [-0.05, 0) is 32.4 Å². The van der Waals surface area contributed by atoms with Gasteiger partial charge in [0.05, 0.1) is 0 Å². The van der Waals surface area contributed by atoms with Crippen LogP contribution in [0.25, 0.3) is 0 Å². The van der Waals surface area contributed by atoms with Crippen molar-refractivity contribution in [3.63, 3.8) is 0 Å². The van der Waals surface area contributed by atoms with Crippen LogP contribution < -0.4 is 16.0 Å². The Balaban J connectivity index is 1.64. The maximum atomic E-state index is 12.8. The topological polar surface area (TPSA) is 90.5 Å². The van der Waals surface area contributed by atoms with Crippen LogP contribution in [0.1, 0.15) is 24.5 Å². The summed E-state index contributed by atoms with van der Waals surface area (Å²) in [5.41, 5.74) is 1.77. The van der Waals surface area contributed by atoms with E-state index in [2.05, 4.69) is 16.0 Å². The molecule has 3 N–H and O–H groups in total. The standard InChI is InChI=1S/C19H24N4O3/c1-13-3-5-15(6-4-13)19(2)17(25)23(18(26)22-19)12-16(24)21-11-14-7-9-20-10-8-14/h3-7,20H,8-12H2,1-2H3,(H,21,24)(H,22,26). The number of nitrogens with zero attached hydrogens (tertiary/aromatic N) is 1. The Morgan fingerprint density at radius 2 is 2.00 bits per heavy atom. The van der Waals surface area contributed by atoms with Gasteiger partial charge in [-0.3, -0.25) is 14.5 Å². The molecular formula is C19H24N4O3. The molecule has 0 bridgehead atoms. The maximum Gasteiger partial charge on any atom is 0.325 e. The van der Waals surface area contributed by atoms with Gasteiger partial charge in [-0.25, -0.2) is 4.79 Å². The molecule has 0 saturated carbocycles. The number of rotatable bonds is 5. The van der Waals surface area contributed by atoms with Gasteiger partial charge >= 0.3 is 6.03 Å². The van der Waals surface area contributed by atoms with E-state index in [1.807, 2.05) is 37.3 Å². The number of aryl methyl sites for hydroxylation is 1. The lowest BCUT2D eigenvalue weighted by atomic mass is 9.91. The number of nitrogens with one attached hydrogen (secondary N) is 3. The Morgan fingerprint density at radius 1 is 1.27 bits per heavy atom. The summed E-state index contributed by atoms with van der Waals surface area (Å²) in [4.78, 5) is 38.3. The fraction of sp³-hybridized carbons (Fsp3) is 0.421. The van der Waals surface area contributed by atoms with E-state index in [4.69, 9.17) is 0 Å². The maximum absolute atomic E-state index is 12.8. The van der Waals surface area contributed by atoms with Crippen LogP contribution in [0.5, 0.6) is 0 Å². The molecule has 7 nitrogen and oxygen atoms in total. The summed E-state index contributed by atoms with van der Waals surface area (Å²) in [5, 5.41) is 8.71. The van der Waals surface area contributed by atoms with E-state index in [0.717, 1.165) is 35.5 Å². The Hall–Kier alpha value is -2.67. The van der Waals surface area contributed by atoms with Crippen LogP contribution in [0.4, 0.5) is 4.79 Å². The van der Waals surface area contributed by atoms with Crippen LogP contribution in [0.2, 0.25) is 0 Å². The monoisotopic (exact) mass is 356 g/mol. The highest BCUT2D eigenvalue weighted by Gasteiger charge is 2.49. The molecule has 1 unspecified atom stereocenters. The van der Waals surface area contributed by atoms with Crippen molar-refractivity contribution in [3.05, 3.63) is 47.0 Å². The van der Waals surface area contributed by atoms with Crippen LogP contribution in [0.15, 0.2) is 35.9 Å². The molecule has 0 spiro atoms. The van der Waals surface area contributed by atoms with E-state index < -0.39 is 17.5 Å². The second-order valence-electron chi connectivity index (χ2n) is 6.91. The Bertz CT molecular complexity index is 757. The van der Waals surface area contributed by atoms with Crippen LogP contribution in [-0.4, -0.2) is 48.9 Å². The van der Waals surface area contributed by atoms with Gasteiger partial charge in [0, 0.05) is 13.1 Å². The van der Waals surface area contributed by atoms with Crippen molar-refractivity contribution in [1.29, 1.82) is 0 Å². The molecular weight excluding hydrogens is 332 g/mol. The molecule has 138 valence electrons. The van der Waals surface area contributed by atoms with Gasteiger partial charge in [-0.15, -0.1) is 0 Å². The Labute approximate surface area is 152 Å². The molecule has 1 saturated heterocycles. The van der Waals surface area contributed by atoms with Crippen molar-refractivity contribution < 1.29 is 14.4 Å². The largest absolute Gasteiger partial charge is 0.351 e. The molecule has 2 aliphatic rings. The Morgan fingerprint density at radius 3 is 2.65 bits per heavy atom. The van der Waals surface area contributed by atoms with Crippen molar-refractivity contribution in [3.8, 4) is 0 Å². The molecule has 26 heavy (non-hydrogen) atoms. The molecule has 1 atom stereocenters. The van der Waals surface area contributed by atoms with Crippen molar-refractivity contribution >= 4 is 17.8 Å². The summed E-state index contributed by atoms with van der Waals surface area (Å²) in [6.45, 7) is 5.47. The summed E-state index contributed by atoms with van der Waals surface area (Å²) in [6, 6.07) is 6.88. The molecule has 0 radical (unpaired) electrons. The fourth-order valence-corrected chi connectivity index (χ4v) is 3.16. The first kappa shape index (κ1) is 18.1. The highest BCUT2D eigenvalue weighted by Crippen LogP contribution is 2.28. The van der Waals surface area contributed by atoms with E-state index in [9.17, 15) is 14.4 Å². The number of carbonyl (C=O) groups is 3. The third-order valence-corrected chi connectivity index (χ3v) is 4.88. The van der Waals surface area contributed by atoms with Gasteiger partial charge in [0.1, 0.15) is 12.1 Å². The first-order valence-corrected chi connectivity index (χ1v) is 8.77. The van der Waals surface area contributed by atoms with Crippen LogP contribution in [0.3, 0.4) is 0 Å². The van der Waals surface area contributed by atoms with E-state index in [1.165, 1.54) is 0 Å². The second-order valence-corrected chi connectivity index (χ2v) is 6.91. The number of hydrogen-bond acceptors (Lipinski definition) is 4. The summed E-state index contributed by atoms with van der Waals surface area (Å²) < 4.78 is 0. The molecule has 2 aliphatic heterocycles. The molecule has 4 amide bonds. The number of imide groups is 1. The zero-order chi connectivity index (χ0) is 18.7. The molecule has 1 aromatic rings. The smallest absolute Gasteiger partial charge is 0.325 e. The Kier molecular flexibility index (Phi) is 5.08. The second kappa shape index (κ2) is 7.29. The van der Waals surface area contributed by atoms with Crippen molar-refractivity contribution in [1.82, 2.24) is 20.9 Å². The summed E-state index contributed by atoms with van der Waals surface area (Å²) in [6.07, 6.45) is 2.93. The number of carbonyl (C=O) groups excluding carboxylic acids is 3. The van der Waals surface area contributed by atoms with Crippen LogP contribution in [0, 0.1) is 6.92 Å². The number of urea groups is 1. The molecule has 0 aromatic heterocycles. The average Bonchev–Trinajstić information content (AvgIpc) is 2.85. The zero-order valence-electron chi connectivity index (χ0n) is 15.1. The first-order chi connectivity index (χ1) is 12.4. The lowest BCUT2D eigenvalue weighted by molar-refractivity contribution is -0.134. The number of amides is 4. The molecule has 7 heteroatoms. The lowest BCUT2D eigenvalue weighted by Crippen LogP contribution is -2.43. The summed E-state index contributed by atoms with van der Waals surface area (Å²) >= 11 is 0. The van der Waals surface area contributed by atoms with Gasteiger partial charge in [0.2, 0.25) is 5.91 Å². The summed E-state index contributed by atoms with van der Waals surface area (Å²) in [5.74, 6) is -0.760. The van der Waals surface area contributed by atoms with Gasteiger partial charge in [0.25, 0.3) is 5.91 Å². The van der Waals surface area contributed by atoms with Crippen molar-refractivity contribution in [2.45, 2.75) is 25.8 Å². The number of hydrogen-bond donors (Lipinski definition) is 3. The minimum Gasteiger partial charge on any atom is -0.351 e. The fourth-order valence-electron chi connectivity index (χ4n) is 3.16. The lowest BCUT2D eigenvalue weighted by Gasteiger charge is -2.22. The number of benzene rings is 1. The SMILES string of the molecule is Cc1ccc(C2(C)NC(=O)N(CC(=O)NCC3=CCNCC3)C2=O)cc1. The predicted molar refractivity (Wildman–Crippen MR) is 97.4 cm³/mol. The van der Waals surface area contributed by atoms with Crippen LogP contribution >= 0.6 is 0 Å². The normalized spacial score (nSPS) is 22.8. The van der Waals surface area contributed by atoms with E-state index in [-0.39, 0.29) is 12.5 Å². The average molecular weight is 356 g/mol. The third kappa shape index (κ3) is 3.62. The molecule has 1 fully saturated rings. The minimum atomic E-state index is -1.15.